The van der Waals surface area contributed by atoms with E-state index in [1.165, 1.54) is 16.7 Å². The third-order valence-corrected chi connectivity index (χ3v) is 5.94. The average Bonchev–Trinajstić information content (AvgIpc) is 3.11. The Bertz CT molecular complexity index is 998. The lowest BCUT2D eigenvalue weighted by Crippen LogP contribution is -2.29. The number of thioether (sulfide) groups is 1. The number of rotatable bonds is 4. The minimum atomic E-state index is -0.232. The van der Waals surface area contributed by atoms with Gasteiger partial charge < -0.3 is 4.90 Å². The predicted molar refractivity (Wildman–Crippen MR) is 113 cm³/mol. The number of hydrogen-bond acceptors (Lipinski definition) is 4. The maximum atomic E-state index is 13.3. The zero-order valence-electron chi connectivity index (χ0n) is 14.4. The van der Waals surface area contributed by atoms with Gasteiger partial charge in [-0.15, -0.1) is 6.58 Å². The van der Waals surface area contributed by atoms with Gasteiger partial charge in [0.2, 0.25) is 0 Å². The number of fused-ring (bicyclic) bond motifs is 1. The number of carbonyl (C=O) groups excluding carboxylic acids is 2. The van der Waals surface area contributed by atoms with Crippen molar-refractivity contribution in [2.45, 2.75) is 6.54 Å². The molecule has 0 aromatic heterocycles. The van der Waals surface area contributed by atoms with Gasteiger partial charge in [0.05, 0.1) is 22.7 Å². The van der Waals surface area contributed by atoms with E-state index in [0.29, 0.717) is 27.9 Å². The summed E-state index contributed by atoms with van der Waals surface area (Å²) in [7, 11) is 0. The van der Waals surface area contributed by atoms with Crippen molar-refractivity contribution in [1.82, 2.24) is 4.90 Å². The first kappa shape index (κ1) is 17.7. The van der Waals surface area contributed by atoms with Gasteiger partial charge in [0, 0.05) is 12.1 Å². The van der Waals surface area contributed by atoms with Crippen LogP contribution in [0.25, 0.3) is 5.57 Å². The fraction of sp³-hybridized carbons (Fsp3) is 0.0952. The van der Waals surface area contributed by atoms with Crippen molar-refractivity contribution >= 4 is 51.4 Å². The Balaban J connectivity index is 1.79. The van der Waals surface area contributed by atoms with E-state index in [4.69, 9.17) is 12.2 Å². The summed E-state index contributed by atoms with van der Waals surface area (Å²) < 4.78 is 0.453. The van der Waals surface area contributed by atoms with Crippen LogP contribution in [0.4, 0.5) is 5.69 Å². The van der Waals surface area contributed by atoms with Crippen LogP contribution in [0.5, 0.6) is 0 Å². The zero-order valence-corrected chi connectivity index (χ0v) is 16.1. The molecule has 0 spiro atoms. The largest absolute Gasteiger partial charge is 0.303 e. The van der Waals surface area contributed by atoms with Gasteiger partial charge >= 0.3 is 0 Å². The number of nitrogens with zero attached hydrogens (tertiary/aromatic N) is 2. The van der Waals surface area contributed by atoms with Crippen LogP contribution in [0, 0.1) is 0 Å². The molecule has 0 unspecified atom stereocenters. The summed E-state index contributed by atoms with van der Waals surface area (Å²) in [6.45, 7) is 4.46. The van der Waals surface area contributed by atoms with Gasteiger partial charge in [-0.3, -0.25) is 14.5 Å². The van der Waals surface area contributed by atoms with Gasteiger partial charge in [0.15, 0.2) is 0 Å². The molecular formula is C21H16N2O2S2. The summed E-state index contributed by atoms with van der Waals surface area (Å²) in [6.07, 6.45) is 1.63. The van der Waals surface area contributed by atoms with E-state index >= 15 is 0 Å². The standard InChI is InChI=1S/C21H16N2O2S2/c1-2-12-22-20(25)18(27-21(22)26)17-15-10-6-7-11-16(15)23(19(17)24)13-14-8-4-3-5-9-14/h2-11H,1,12-13H2. The molecule has 2 aliphatic heterocycles. The predicted octanol–water partition coefficient (Wildman–Crippen LogP) is 3.99. The molecule has 4 nitrogen and oxygen atoms in total. The second kappa shape index (κ2) is 7.13. The Morgan fingerprint density at radius 2 is 1.67 bits per heavy atom. The lowest BCUT2D eigenvalue weighted by atomic mass is 10.1. The van der Waals surface area contributed by atoms with Gasteiger partial charge in [-0.1, -0.05) is 78.6 Å². The van der Waals surface area contributed by atoms with Gasteiger partial charge in [-0.05, 0) is 11.6 Å². The van der Waals surface area contributed by atoms with E-state index in [0.717, 1.165) is 16.8 Å². The molecule has 0 radical (unpaired) electrons. The lowest BCUT2D eigenvalue weighted by molar-refractivity contribution is -0.122. The highest BCUT2D eigenvalue weighted by atomic mass is 32.2. The van der Waals surface area contributed by atoms with Gasteiger partial charge in [-0.25, -0.2) is 0 Å². The van der Waals surface area contributed by atoms with Gasteiger partial charge in [0.25, 0.3) is 11.8 Å². The first-order chi connectivity index (χ1) is 13.1. The summed E-state index contributed by atoms with van der Waals surface area (Å²) in [5, 5.41) is 0. The molecule has 2 aromatic rings. The number of thiocarbonyl (C=S) groups is 1. The molecule has 134 valence electrons. The molecule has 1 saturated heterocycles. The third kappa shape index (κ3) is 3.01. The second-order valence-electron chi connectivity index (χ2n) is 6.17. The van der Waals surface area contributed by atoms with Crippen molar-refractivity contribution in [3.63, 3.8) is 0 Å². The van der Waals surface area contributed by atoms with Crippen molar-refractivity contribution < 1.29 is 9.59 Å². The van der Waals surface area contributed by atoms with Crippen LogP contribution < -0.4 is 4.90 Å². The smallest absolute Gasteiger partial charge is 0.267 e. The molecule has 0 aliphatic carbocycles. The summed E-state index contributed by atoms with van der Waals surface area (Å²) in [4.78, 5) is 29.7. The van der Waals surface area contributed by atoms with Crippen LogP contribution in [-0.4, -0.2) is 27.6 Å². The van der Waals surface area contributed by atoms with Crippen molar-refractivity contribution in [3.05, 3.63) is 83.3 Å². The molecular weight excluding hydrogens is 376 g/mol. The van der Waals surface area contributed by atoms with E-state index in [1.54, 1.807) is 11.0 Å². The second-order valence-corrected chi connectivity index (χ2v) is 7.81. The van der Waals surface area contributed by atoms with E-state index in [2.05, 4.69) is 6.58 Å². The molecule has 1 fully saturated rings. The Morgan fingerprint density at radius 3 is 2.41 bits per heavy atom. The number of amides is 2. The summed E-state index contributed by atoms with van der Waals surface area (Å²) in [5.74, 6) is -0.399. The highest BCUT2D eigenvalue weighted by molar-refractivity contribution is 8.26. The van der Waals surface area contributed by atoms with Crippen molar-refractivity contribution in [2.75, 3.05) is 11.4 Å². The summed E-state index contributed by atoms with van der Waals surface area (Å²) in [5.41, 5.74) is 3.06. The maximum absolute atomic E-state index is 13.3. The van der Waals surface area contributed by atoms with Crippen molar-refractivity contribution in [1.29, 1.82) is 0 Å². The van der Waals surface area contributed by atoms with Crippen LogP contribution in [0.3, 0.4) is 0 Å². The number of para-hydroxylation sites is 1. The number of hydrogen-bond donors (Lipinski definition) is 0. The van der Waals surface area contributed by atoms with E-state index in [1.807, 2.05) is 54.6 Å². The molecule has 4 rings (SSSR count). The molecule has 2 aromatic carbocycles. The van der Waals surface area contributed by atoms with Crippen LogP contribution in [0.1, 0.15) is 11.1 Å². The molecule has 27 heavy (non-hydrogen) atoms. The minimum Gasteiger partial charge on any atom is -0.303 e. The van der Waals surface area contributed by atoms with Crippen molar-refractivity contribution in [2.24, 2.45) is 0 Å². The van der Waals surface area contributed by atoms with Crippen molar-refractivity contribution in [3.8, 4) is 0 Å². The van der Waals surface area contributed by atoms with E-state index in [-0.39, 0.29) is 11.8 Å². The van der Waals surface area contributed by atoms with Gasteiger partial charge in [0.1, 0.15) is 4.32 Å². The van der Waals surface area contributed by atoms with E-state index < -0.39 is 0 Å². The van der Waals surface area contributed by atoms with Crippen LogP contribution in [0.15, 0.2) is 72.2 Å². The lowest BCUT2D eigenvalue weighted by Gasteiger charge is -2.17. The Morgan fingerprint density at radius 1 is 0.963 bits per heavy atom. The molecule has 2 amide bonds. The van der Waals surface area contributed by atoms with Crippen LogP contribution in [-0.2, 0) is 16.1 Å². The number of carbonyl (C=O) groups is 2. The highest BCUT2D eigenvalue weighted by Crippen LogP contribution is 2.44. The van der Waals surface area contributed by atoms with Crippen LogP contribution >= 0.6 is 24.0 Å². The fourth-order valence-electron chi connectivity index (χ4n) is 3.26. The monoisotopic (exact) mass is 392 g/mol. The minimum absolute atomic E-state index is 0.167. The first-order valence-electron chi connectivity index (χ1n) is 8.46. The molecule has 2 aliphatic rings. The summed E-state index contributed by atoms with van der Waals surface area (Å²) in [6, 6.07) is 17.4. The SMILES string of the molecule is C=CCN1C(=O)C(=C2C(=O)N(Cc3ccccc3)c3ccccc32)SC1=S. The maximum Gasteiger partial charge on any atom is 0.267 e. The third-order valence-electron chi connectivity index (χ3n) is 4.49. The normalized spacial score (nSPS) is 19.0. The van der Waals surface area contributed by atoms with Crippen LogP contribution in [0.2, 0.25) is 0 Å². The molecule has 0 N–H and O–H groups in total. The Kier molecular flexibility index (Phi) is 4.68. The summed E-state index contributed by atoms with van der Waals surface area (Å²) >= 11 is 6.52. The molecule has 2 heterocycles. The topological polar surface area (TPSA) is 40.6 Å². The number of benzene rings is 2. The molecule has 0 atom stereocenters. The molecule has 0 bridgehead atoms. The Labute approximate surface area is 167 Å². The highest BCUT2D eigenvalue weighted by Gasteiger charge is 2.41. The Hall–Kier alpha value is -2.70. The first-order valence-corrected chi connectivity index (χ1v) is 9.68. The fourth-order valence-corrected chi connectivity index (χ4v) is 4.60. The average molecular weight is 393 g/mol. The van der Waals surface area contributed by atoms with E-state index in [9.17, 15) is 9.59 Å². The van der Waals surface area contributed by atoms with Gasteiger partial charge in [-0.2, -0.15) is 0 Å². The number of anilines is 1. The quantitative estimate of drug-likeness (QED) is 0.448. The zero-order chi connectivity index (χ0) is 19.0. The molecule has 0 saturated carbocycles. The molecule has 6 heteroatoms.